The molecule has 0 saturated carbocycles. The predicted octanol–water partition coefficient (Wildman–Crippen LogP) is 4.48. The lowest BCUT2D eigenvalue weighted by Gasteiger charge is -2.24. The summed E-state index contributed by atoms with van der Waals surface area (Å²) in [5.41, 5.74) is 3.62. The topological polar surface area (TPSA) is 15.3 Å². The van der Waals surface area contributed by atoms with Gasteiger partial charge in [-0.3, -0.25) is 0 Å². The minimum atomic E-state index is 0.822. The van der Waals surface area contributed by atoms with Gasteiger partial charge < -0.3 is 10.2 Å². The monoisotopic (exact) mass is 302 g/mol. The number of benzene rings is 2. The fourth-order valence-electron chi connectivity index (χ4n) is 2.36. The Labute approximate surface area is 132 Å². The van der Waals surface area contributed by atoms with Gasteiger partial charge in [-0.2, -0.15) is 0 Å². The van der Waals surface area contributed by atoms with Crippen LogP contribution >= 0.6 is 11.6 Å². The van der Waals surface area contributed by atoms with Crippen LogP contribution in [0.3, 0.4) is 0 Å². The van der Waals surface area contributed by atoms with Gasteiger partial charge in [-0.15, -0.1) is 0 Å². The van der Waals surface area contributed by atoms with Gasteiger partial charge in [0.25, 0.3) is 0 Å². The molecule has 21 heavy (non-hydrogen) atoms. The summed E-state index contributed by atoms with van der Waals surface area (Å²) < 4.78 is 0. The maximum atomic E-state index is 6.48. The molecule has 0 radical (unpaired) electrons. The van der Waals surface area contributed by atoms with E-state index in [-0.39, 0.29) is 0 Å². The van der Waals surface area contributed by atoms with Crippen molar-refractivity contribution in [3.63, 3.8) is 0 Å². The minimum absolute atomic E-state index is 0.822. The molecule has 0 bridgehead atoms. The Hall–Kier alpha value is -1.51. The van der Waals surface area contributed by atoms with Crippen LogP contribution in [0.25, 0.3) is 0 Å². The second-order valence-electron chi connectivity index (χ2n) is 5.07. The van der Waals surface area contributed by atoms with Gasteiger partial charge in [-0.25, -0.2) is 0 Å². The molecule has 2 rings (SSSR count). The van der Waals surface area contributed by atoms with Crippen LogP contribution in [0.15, 0.2) is 48.5 Å². The molecule has 2 aromatic carbocycles. The highest BCUT2D eigenvalue weighted by atomic mass is 35.5. The summed E-state index contributed by atoms with van der Waals surface area (Å²) in [5, 5.41) is 4.14. The van der Waals surface area contributed by atoms with Gasteiger partial charge >= 0.3 is 0 Å². The highest BCUT2D eigenvalue weighted by molar-refractivity contribution is 6.33. The molecule has 2 nitrogen and oxygen atoms in total. The zero-order valence-corrected chi connectivity index (χ0v) is 13.5. The summed E-state index contributed by atoms with van der Waals surface area (Å²) in [7, 11) is 0. The number of anilines is 1. The third kappa shape index (κ3) is 4.48. The Morgan fingerprint density at radius 1 is 1.00 bits per heavy atom. The maximum absolute atomic E-state index is 6.48. The summed E-state index contributed by atoms with van der Waals surface area (Å²) in [4.78, 5) is 2.30. The quantitative estimate of drug-likeness (QED) is 0.811. The van der Waals surface area contributed by atoms with Crippen LogP contribution in [0.1, 0.15) is 25.0 Å². The van der Waals surface area contributed by atoms with E-state index in [1.165, 1.54) is 11.1 Å². The van der Waals surface area contributed by atoms with E-state index in [1.807, 2.05) is 6.07 Å². The van der Waals surface area contributed by atoms with E-state index >= 15 is 0 Å². The van der Waals surface area contributed by atoms with Gasteiger partial charge in [0.15, 0.2) is 0 Å². The number of nitrogens with one attached hydrogen (secondary N) is 1. The first-order chi connectivity index (χ1) is 10.2. The first-order valence-corrected chi connectivity index (χ1v) is 7.90. The molecule has 0 fully saturated rings. The van der Waals surface area contributed by atoms with E-state index in [4.69, 9.17) is 11.6 Å². The van der Waals surface area contributed by atoms with Crippen molar-refractivity contribution in [1.29, 1.82) is 0 Å². The molecule has 0 aromatic heterocycles. The van der Waals surface area contributed by atoms with Crippen LogP contribution in [0.4, 0.5) is 5.69 Å². The summed E-state index contributed by atoms with van der Waals surface area (Å²) in [6.45, 7) is 7.90. The molecule has 1 N–H and O–H groups in total. The van der Waals surface area contributed by atoms with Crippen molar-refractivity contribution in [3.05, 3.63) is 64.7 Å². The normalized spacial score (nSPS) is 10.6. The van der Waals surface area contributed by atoms with Crippen LogP contribution in [0, 0.1) is 0 Å². The smallest absolute Gasteiger partial charge is 0.0642 e. The van der Waals surface area contributed by atoms with Crippen LogP contribution < -0.4 is 10.2 Å². The molecule has 0 saturated heterocycles. The van der Waals surface area contributed by atoms with Crippen molar-refractivity contribution in [1.82, 2.24) is 5.32 Å². The molecule has 0 aliphatic heterocycles. The Balaban J connectivity index is 2.14. The van der Waals surface area contributed by atoms with Gasteiger partial charge in [0, 0.05) is 19.6 Å². The average molecular weight is 303 g/mol. The zero-order chi connectivity index (χ0) is 15.1. The molecule has 3 heteroatoms. The third-order valence-corrected chi connectivity index (χ3v) is 3.83. The molecular formula is C18H23ClN2. The molecular weight excluding hydrogens is 280 g/mol. The maximum Gasteiger partial charge on any atom is 0.0642 e. The van der Waals surface area contributed by atoms with E-state index in [0.717, 1.165) is 36.9 Å². The van der Waals surface area contributed by atoms with E-state index in [2.05, 4.69) is 66.5 Å². The van der Waals surface area contributed by atoms with Gasteiger partial charge in [-0.1, -0.05) is 54.9 Å². The van der Waals surface area contributed by atoms with Gasteiger partial charge in [0.2, 0.25) is 0 Å². The molecule has 0 heterocycles. The predicted molar refractivity (Wildman–Crippen MR) is 92.0 cm³/mol. The lowest BCUT2D eigenvalue weighted by atomic mass is 10.1. The average Bonchev–Trinajstić information content (AvgIpc) is 2.52. The van der Waals surface area contributed by atoms with Crippen molar-refractivity contribution in [2.75, 3.05) is 18.0 Å². The first-order valence-electron chi connectivity index (χ1n) is 7.52. The molecule has 0 unspecified atom stereocenters. The summed E-state index contributed by atoms with van der Waals surface area (Å²) in [6.07, 6.45) is 0. The van der Waals surface area contributed by atoms with Crippen molar-refractivity contribution < 1.29 is 0 Å². The van der Waals surface area contributed by atoms with Crippen molar-refractivity contribution in [2.45, 2.75) is 26.9 Å². The molecule has 0 atom stereocenters. The summed E-state index contributed by atoms with van der Waals surface area (Å²) in [6, 6.07) is 16.8. The van der Waals surface area contributed by atoms with Crippen LogP contribution in [-0.2, 0) is 13.1 Å². The molecule has 2 aromatic rings. The van der Waals surface area contributed by atoms with E-state index in [0.29, 0.717) is 0 Å². The Morgan fingerprint density at radius 3 is 2.38 bits per heavy atom. The number of hydrogen-bond acceptors (Lipinski definition) is 2. The van der Waals surface area contributed by atoms with E-state index < -0.39 is 0 Å². The number of nitrogens with zero attached hydrogens (tertiary/aromatic N) is 1. The molecule has 0 amide bonds. The Kier molecular flexibility index (Phi) is 6.09. The number of rotatable bonds is 7. The largest absolute Gasteiger partial charge is 0.366 e. The minimum Gasteiger partial charge on any atom is -0.366 e. The van der Waals surface area contributed by atoms with Crippen molar-refractivity contribution in [3.8, 4) is 0 Å². The standard InChI is InChI=1S/C18H23ClN2/c1-3-20-13-16-10-11-18(17(19)12-16)21(4-2)14-15-8-6-5-7-9-15/h5-12,20H,3-4,13-14H2,1-2H3. The Bertz CT molecular complexity index is 554. The highest BCUT2D eigenvalue weighted by Crippen LogP contribution is 2.28. The second kappa shape index (κ2) is 8.06. The van der Waals surface area contributed by atoms with Gasteiger partial charge in [0.05, 0.1) is 10.7 Å². The van der Waals surface area contributed by atoms with Gasteiger partial charge in [0.1, 0.15) is 0 Å². The second-order valence-corrected chi connectivity index (χ2v) is 5.47. The van der Waals surface area contributed by atoms with Crippen LogP contribution in [0.5, 0.6) is 0 Å². The van der Waals surface area contributed by atoms with E-state index in [1.54, 1.807) is 0 Å². The zero-order valence-electron chi connectivity index (χ0n) is 12.8. The molecule has 0 aliphatic carbocycles. The fourth-order valence-corrected chi connectivity index (χ4v) is 2.68. The van der Waals surface area contributed by atoms with Gasteiger partial charge in [-0.05, 0) is 36.7 Å². The highest BCUT2D eigenvalue weighted by Gasteiger charge is 2.10. The molecule has 0 spiro atoms. The Morgan fingerprint density at radius 2 is 1.76 bits per heavy atom. The molecule has 112 valence electrons. The lowest BCUT2D eigenvalue weighted by Crippen LogP contribution is -2.22. The first kappa shape index (κ1) is 15.9. The SMILES string of the molecule is CCNCc1ccc(N(CC)Cc2ccccc2)c(Cl)c1. The van der Waals surface area contributed by atoms with Crippen molar-refractivity contribution in [2.24, 2.45) is 0 Å². The number of halogens is 1. The van der Waals surface area contributed by atoms with Crippen LogP contribution in [-0.4, -0.2) is 13.1 Å². The number of hydrogen-bond donors (Lipinski definition) is 1. The lowest BCUT2D eigenvalue weighted by molar-refractivity contribution is 0.726. The molecule has 0 aliphatic rings. The summed E-state index contributed by atoms with van der Waals surface area (Å²) >= 11 is 6.48. The third-order valence-electron chi connectivity index (χ3n) is 3.53. The van der Waals surface area contributed by atoms with Crippen LogP contribution in [0.2, 0.25) is 5.02 Å². The summed E-state index contributed by atoms with van der Waals surface area (Å²) in [5.74, 6) is 0. The van der Waals surface area contributed by atoms with Crippen molar-refractivity contribution >= 4 is 17.3 Å². The fraction of sp³-hybridized carbons (Fsp3) is 0.333. The van der Waals surface area contributed by atoms with E-state index in [9.17, 15) is 0 Å².